The molecule has 0 N–H and O–H groups in total. The van der Waals surface area contributed by atoms with Gasteiger partial charge < -0.3 is 19.0 Å². The topological polar surface area (TPSA) is 65.1 Å². The molecule has 0 aromatic heterocycles. The number of benzene rings is 1. The molecule has 2 fully saturated rings. The zero-order chi connectivity index (χ0) is 24.4. The average molecular weight is 460 g/mol. The lowest BCUT2D eigenvalue weighted by atomic mass is 9.82. The highest BCUT2D eigenvalue weighted by Crippen LogP contribution is 2.41. The van der Waals surface area contributed by atoms with E-state index >= 15 is 0 Å². The normalized spacial score (nSPS) is 29.3. The molecule has 1 amide bonds. The lowest BCUT2D eigenvalue weighted by Crippen LogP contribution is -2.46. The van der Waals surface area contributed by atoms with Gasteiger partial charge in [0.25, 0.3) is 0 Å². The molecule has 6 heteroatoms. The van der Waals surface area contributed by atoms with Gasteiger partial charge in [-0.25, -0.2) is 4.79 Å². The number of aryl methyl sites for hydroxylation is 2. The van der Waals surface area contributed by atoms with E-state index in [2.05, 4.69) is 38.1 Å². The van der Waals surface area contributed by atoms with Crippen molar-refractivity contribution in [1.82, 2.24) is 4.90 Å². The number of rotatable bonds is 7. The summed E-state index contributed by atoms with van der Waals surface area (Å²) in [5.41, 5.74) is 1.29. The number of carbonyl (C=O) groups is 2. The summed E-state index contributed by atoms with van der Waals surface area (Å²) in [4.78, 5) is 25.7. The summed E-state index contributed by atoms with van der Waals surface area (Å²) in [6.45, 7) is 14.2. The smallest absolute Gasteiger partial charge is 0.412 e. The van der Waals surface area contributed by atoms with Crippen LogP contribution in [0.15, 0.2) is 24.3 Å². The SMILES string of the molecule is Cc1ccc(CC[C@@H]2C(C)[C@@H](C[C@H]3CN(C(=O)OC(C)(C)C)C(C)(C)O3)O[C@H]2CC=O)cc1. The summed E-state index contributed by atoms with van der Waals surface area (Å²) in [6, 6.07) is 8.65. The Balaban J connectivity index is 1.62. The van der Waals surface area contributed by atoms with E-state index in [1.54, 1.807) is 4.90 Å². The van der Waals surface area contributed by atoms with Crippen LogP contribution in [0.3, 0.4) is 0 Å². The summed E-state index contributed by atoms with van der Waals surface area (Å²) >= 11 is 0. The first-order valence-corrected chi connectivity index (χ1v) is 12.2. The third kappa shape index (κ3) is 6.57. The highest BCUT2D eigenvalue weighted by molar-refractivity contribution is 5.69. The van der Waals surface area contributed by atoms with Crippen LogP contribution in [0.25, 0.3) is 0 Å². The van der Waals surface area contributed by atoms with Gasteiger partial charge in [-0.1, -0.05) is 36.8 Å². The van der Waals surface area contributed by atoms with E-state index in [-0.39, 0.29) is 24.4 Å². The molecule has 2 aliphatic heterocycles. The maximum absolute atomic E-state index is 12.7. The van der Waals surface area contributed by atoms with Crippen molar-refractivity contribution in [2.24, 2.45) is 11.8 Å². The largest absolute Gasteiger partial charge is 0.444 e. The number of aldehydes is 1. The second kappa shape index (κ2) is 10.1. The minimum Gasteiger partial charge on any atom is -0.444 e. The first kappa shape index (κ1) is 25.7. The predicted octanol–water partition coefficient (Wildman–Crippen LogP) is 5.30. The number of ether oxygens (including phenoxy) is 3. The minimum atomic E-state index is -0.734. The van der Waals surface area contributed by atoms with Crippen LogP contribution in [-0.2, 0) is 25.4 Å². The summed E-state index contributed by atoms with van der Waals surface area (Å²) in [5, 5.41) is 0. The Morgan fingerprint density at radius 3 is 2.48 bits per heavy atom. The fourth-order valence-corrected chi connectivity index (χ4v) is 5.12. The van der Waals surface area contributed by atoms with Gasteiger partial charge in [0.2, 0.25) is 0 Å². The highest BCUT2D eigenvalue weighted by Gasteiger charge is 2.47. The lowest BCUT2D eigenvalue weighted by molar-refractivity contribution is -0.111. The van der Waals surface area contributed by atoms with Crippen LogP contribution < -0.4 is 0 Å². The van der Waals surface area contributed by atoms with Crippen molar-refractivity contribution in [1.29, 1.82) is 0 Å². The van der Waals surface area contributed by atoms with E-state index in [0.29, 0.717) is 31.2 Å². The number of nitrogens with zero attached hydrogens (tertiary/aromatic N) is 1. The van der Waals surface area contributed by atoms with Gasteiger partial charge in [-0.3, -0.25) is 4.90 Å². The summed E-state index contributed by atoms with van der Waals surface area (Å²) in [6.07, 6.45) is 3.48. The summed E-state index contributed by atoms with van der Waals surface area (Å²) in [7, 11) is 0. The second-order valence-corrected chi connectivity index (χ2v) is 11.2. The monoisotopic (exact) mass is 459 g/mol. The second-order valence-electron chi connectivity index (χ2n) is 11.2. The lowest BCUT2D eigenvalue weighted by Gasteiger charge is -2.31. The highest BCUT2D eigenvalue weighted by atomic mass is 16.6. The average Bonchev–Trinajstić information content (AvgIpc) is 3.16. The van der Waals surface area contributed by atoms with E-state index in [1.165, 1.54) is 11.1 Å². The van der Waals surface area contributed by atoms with Crippen molar-refractivity contribution in [3.8, 4) is 0 Å². The molecule has 0 spiro atoms. The van der Waals surface area contributed by atoms with Gasteiger partial charge in [0, 0.05) is 12.8 Å². The van der Waals surface area contributed by atoms with Crippen molar-refractivity contribution >= 4 is 12.4 Å². The zero-order valence-electron chi connectivity index (χ0n) is 21.3. The minimum absolute atomic E-state index is 0.00245. The van der Waals surface area contributed by atoms with Crippen molar-refractivity contribution in [3.05, 3.63) is 35.4 Å². The van der Waals surface area contributed by atoms with Gasteiger partial charge in [-0.2, -0.15) is 0 Å². The molecule has 2 heterocycles. The Labute approximate surface area is 199 Å². The molecule has 2 aliphatic rings. The van der Waals surface area contributed by atoms with Gasteiger partial charge >= 0.3 is 6.09 Å². The van der Waals surface area contributed by atoms with E-state index in [4.69, 9.17) is 14.2 Å². The molecule has 1 unspecified atom stereocenters. The number of hydrogen-bond donors (Lipinski definition) is 0. The Morgan fingerprint density at radius 1 is 1.21 bits per heavy atom. The van der Waals surface area contributed by atoms with E-state index < -0.39 is 11.3 Å². The third-order valence-corrected chi connectivity index (χ3v) is 6.90. The number of hydrogen-bond acceptors (Lipinski definition) is 5. The first-order valence-electron chi connectivity index (χ1n) is 12.2. The molecule has 3 rings (SSSR count). The number of carbonyl (C=O) groups excluding carboxylic acids is 2. The molecule has 33 heavy (non-hydrogen) atoms. The van der Waals surface area contributed by atoms with Crippen LogP contribution in [0.5, 0.6) is 0 Å². The molecule has 1 aromatic rings. The van der Waals surface area contributed by atoms with Gasteiger partial charge in [0.15, 0.2) is 0 Å². The van der Waals surface area contributed by atoms with Crippen molar-refractivity contribution in [3.63, 3.8) is 0 Å². The van der Waals surface area contributed by atoms with Gasteiger partial charge in [-0.15, -0.1) is 0 Å². The maximum Gasteiger partial charge on any atom is 0.412 e. The van der Waals surface area contributed by atoms with Crippen molar-refractivity contribution in [2.45, 2.75) is 104 Å². The fraction of sp³-hybridized carbons (Fsp3) is 0.704. The van der Waals surface area contributed by atoms with Gasteiger partial charge in [0.05, 0.1) is 24.9 Å². The molecule has 0 radical (unpaired) electrons. The first-order chi connectivity index (χ1) is 15.4. The van der Waals surface area contributed by atoms with Gasteiger partial charge in [0.1, 0.15) is 17.6 Å². The van der Waals surface area contributed by atoms with Crippen LogP contribution in [-0.4, -0.2) is 53.5 Å². The van der Waals surface area contributed by atoms with Crippen LogP contribution in [0.2, 0.25) is 0 Å². The standard InChI is InChI=1S/C27H41NO5/c1-18-8-10-20(11-9-18)12-13-22-19(2)24(31-23(22)14-15-29)16-21-17-28(27(6,7)32-21)25(30)33-26(3,4)5/h8-11,15,19,21-24H,12-14,16-17H2,1-7H3/t19?,21-,22+,23-,24+/m0/s1. The Kier molecular flexibility index (Phi) is 7.90. The molecular weight excluding hydrogens is 418 g/mol. The maximum atomic E-state index is 12.7. The summed E-state index contributed by atoms with van der Waals surface area (Å²) < 4.78 is 18.2. The molecule has 0 saturated carbocycles. The fourth-order valence-electron chi connectivity index (χ4n) is 5.12. The molecule has 0 aliphatic carbocycles. The Morgan fingerprint density at radius 2 is 1.88 bits per heavy atom. The molecule has 2 saturated heterocycles. The third-order valence-electron chi connectivity index (χ3n) is 6.90. The summed E-state index contributed by atoms with van der Waals surface area (Å²) in [5.74, 6) is 0.626. The van der Waals surface area contributed by atoms with Crippen LogP contribution >= 0.6 is 0 Å². The molecule has 0 bridgehead atoms. The molecule has 1 aromatic carbocycles. The quantitative estimate of drug-likeness (QED) is 0.518. The molecule has 6 nitrogen and oxygen atoms in total. The Hall–Kier alpha value is -1.92. The van der Waals surface area contributed by atoms with Crippen LogP contribution in [0.1, 0.15) is 71.9 Å². The number of amides is 1. The van der Waals surface area contributed by atoms with Crippen molar-refractivity contribution < 1.29 is 23.8 Å². The van der Waals surface area contributed by atoms with Crippen molar-refractivity contribution in [2.75, 3.05) is 6.54 Å². The van der Waals surface area contributed by atoms with Gasteiger partial charge in [-0.05, 0) is 71.8 Å². The van der Waals surface area contributed by atoms with E-state index in [9.17, 15) is 9.59 Å². The van der Waals surface area contributed by atoms with E-state index in [0.717, 1.165) is 19.1 Å². The molecule has 5 atom stereocenters. The molecular formula is C27H41NO5. The van der Waals surface area contributed by atoms with Crippen LogP contribution in [0, 0.1) is 18.8 Å². The molecule has 184 valence electrons. The van der Waals surface area contributed by atoms with E-state index in [1.807, 2.05) is 34.6 Å². The zero-order valence-corrected chi connectivity index (χ0v) is 21.3. The predicted molar refractivity (Wildman–Crippen MR) is 128 cm³/mol. The van der Waals surface area contributed by atoms with Crippen LogP contribution in [0.4, 0.5) is 4.79 Å². The Bertz CT molecular complexity index is 813.